The van der Waals surface area contributed by atoms with Crippen LogP contribution in [0.4, 0.5) is 4.39 Å². The van der Waals surface area contributed by atoms with E-state index in [2.05, 4.69) is 6.07 Å². The number of benzene rings is 3. The van der Waals surface area contributed by atoms with Crippen molar-refractivity contribution in [3.8, 4) is 11.1 Å². The fraction of sp³-hybridized carbons (Fsp3) is 0.296. The van der Waals surface area contributed by atoms with Crippen molar-refractivity contribution in [2.75, 3.05) is 19.7 Å². The molecule has 4 rings (SSSR count). The molecule has 0 aromatic heterocycles. The first kappa shape index (κ1) is 21.3. The Morgan fingerprint density at radius 2 is 1.84 bits per heavy atom. The molecule has 3 nitrogen and oxygen atoms in total. The zero-order chi connectivity index (χ0) is 21.8. The number of likely N-dealkylation sites (tertiary alicyclic amines) is 1. The number of hydrogen-bond donors (Lipinski definition) is 1. The van der Waals surface area contributed by atoms with Gasteiger partial charge in [0, 0.05) is 24.1 Å². The molecule has 3 aromatic rings. The Labute approximate surface area is 183 Å². The summed E-state index contributed by atoms with van der Waals surface area (Å²) in [5.41, 5.74) is 3.78. The first-order valence-electron chi connectivity index (χ1n) is 10.8. The molecule has 1 saturated heterocycles. The van der Waals surface area contributed by atoms with Gasteiger partial charge in [-0.3, -0.25) is 4.79 Å². The molecular weight excluding hydrogens is 389 g/mol. The molecule has 3 aromatic carbocycles. The minimum Gasteiger partial charge on any atom is -0.396 e. The molecule has 0 unspecified atom stereocenters. The largest absolute Gasteiger partial charge is 0.396 e. The number of carbonyl (C=O) groups excluding carboxylic acids is 1. The molecule has 0 spiro atoms. The van der Waals surface area contributed by atoms with Gasteiger partial charge in [0.1, 0.15) is 5.82 Å². The predicted molar refractivity (Wildman–Crippen MR) is 121 cm³/mol. The summed E-state index contributed by atoms with van der Waals surface area (Å²) in [6.07, 6.45) is 1.97. The van der Waals surface area contributed by atoms with E-state index in [4.69, 9.17) is 0 Å². The van der Waals surface area contributed by atoms with E-state index >= 15 is 0 Å². The average molecular weight is 418 g/mol. The number of aliphatic hydroxyl groups is 1. The van der Waals surface area contributed by atoms with Crippen molar-refractivity contribution in [2.24, 2.45) is 5.41 Å². The van der Waals surface area contributed by atoms with E-state index in [9.17, 15) is 14.3 Å². The summed E-state index contributed by atoms with van der Waals surface area (Å²) in [5.74, 6) is -0.299. The maximum Gasteiger partial charge on any atom is 0.254 e. The fourth-order valence-corrected chi connectivity index (χ4v) is 4.66. The number of rotatable bonds is 5. The number of halogens is 1. The summed E-state index contributed by atoms with van der Waals surface area (Å²) < 4.78 is 14.3. The molecule has 160 valence electrons. The van der Waals surface area contributed by atoms with Crippen LogP contribution in [-0.2, 0) is 6.42 Å². The second-order valence-corrected chi connectivity index (χ2v) is 8.67. The predicted octanol–water partition coefficient (Wildman–Crippen LogP) is 5.26. The lowest BCUT2D eigenvalue weighted by atomic mass is 9.75. The smallest absolute Gasteiger partial charge is 0.254 e. The Morgan fingerprint density at radius 1 is 1.06 bits per heavy atom. The van der Waals surface area contributed by atoms with E-state index in [1.165, 1.54) is 6.07 Å². The molecule has 0 aliphatic carbocycles. The topological polar surface area (TPSA) is 40.5 Å². The van der Waals surface area contributed by atoms with Crippen molar-refractivity contribution in [3.05, 3.63) is 95.3 Å². The maximum absolute atomic E-state index is 14.3. The van der Waals surface area contributed by atoms with Gasteiger partial charge in [-0.25, -0.2) is 4.39 Å². The first-order valence-corrected chi connectivity index (χ1v) is 10.8. The maximum atomic E-state index is 14.3. The number of hydrogen-bond acceptors (Lipinski definition) is 2. The number of nitrogens with zero attached hydrogens (tertiary/aromatic N) is 1. The van der Waals surface area contributed by atoms with Gasteiger partial charge in [0.2, 0.25) is 0 Å². The lowest BCUT2D eigenvalue weighted by Crippen LogP contribution is -2.49. The Morgan fingerprint density at radius 3 is 2.61 bits per heavy atom. The summed E-state index contributed by atoms with van der Waals surface area (Å²) in [5, 5.41) is 10.3. The van der Waals surface area contributed by atoms with E-state index in [1.807, 2.05) is 60.4 Å². The van der Waals surface area contributed by atoms with Gasteiger partial charge in [-0.1, -0.05) is 66.2 Å². The van der Waals surface area contributed by atoms with Gasteiger partial charge in [0.15, 0.2) is 0 Å². The van der Waals surface area contributed by atoms with Crippen LogP contribution in [0.25, 0.3) is 11.1 Å². The van der Waals surface area contributed by atoms with Gasteiger partial charge in [-0.2, -0.15) is 0 Å². The SMILES string of the molecule is Cc1cccc(-c2ccccc2C(=O)N2CCC[C@@](CO)(Cc3ccccc3F)C2)c1. The molecule has 0 radical (unpaired) electrons. The Kier molecular flexibility index (Phi) is 6.19. The monoisotopic (exact) mass is 417 g/mol. The second-order valence-electron chi connectivity index (χ2n) is 8.67. The fourth-order valence-electron chi connectivity index (χ4n) is 4.66. The highest BCUT2D eigenvalue weighted by molar-refractivity contribution is 6.01. The van der Waals surface area contributed by atoms with Crippen LogP contribution >= 0.6 is 0 Å². The van der Waals surface area contributed by atoms with Gasteiger partial charge in [-0.15, -0.1) is 0 Å². The normalized spacial score (nSPS) is 18.7. The van der Waals surface area contributed by atoms with Crippen LogP contribution in [0.1, 0.15) is 34.3 Å². The van der Waals surface area contributed by atoms with E-state index in [0.29, 0.717) is 30.6 Å². The highest BCUT2D eigenvalue weighted by Gasteiger charge is 2.38. The quantitative estimate of drug-likeness (QED) is 0.615. The summed E-state index contributed by atoms with van der Waals surface area (Å²) in [7, 11) is 0. The van der Waals surface area contributed by atoms with Crippen molar-refractivity contribution >= 4 is 5.91 Å². The number of carbonyl (C=O) groups is 1. The minimum absolute atomic E-state index is 0.0387. The van der Waals surface area contributed by atoms with Crippen molar-refractivity contribution in [1.82, 2.24) is 4.90 Å². The molecule has 1 atom stereocenters. The number of amides is 1. The van der Waals surface area contributed by atoms with Crippen molar-refractivity contribution in [2.45, 2.75) is 26.2 Å². The third kappa shape index (κ3) is 4.54. The van der Waals surface area contributed by atoms with E-state index < -0.39 is 5.41 Å². The molecule has 1 aliphatic rings. The molecule has 1 aliphatic heterocycles. The zero-order valence-electron chi connectivity index (χ0n) is 17.9. The molecule has 0 bridgehead atoms. The van der Waals surface area contributed by atoms with Crippen LogP contribution in [0.5, 0.6) is 0 Å². The summed E-state index contributed by atoms with van der Waals surface area (Å²) in [6.45, 7) is 3.01. The van der Waals surface area contributed by atoms with Crippen LogP contribution in [0.15, 0.2) is 72.8 Å². The van der Waals surface area contributed by atoms with Crippen molar-refractivity contribution < 1.29 is 14.3 Å². The van der Waals surface area contributed by atoms with Gasteiger partial charge in [0.05, 0.1) is 6.61 Å². The Hall–Kier alpha value is -2.98. The van der Waals surface area contributed by atoms with Crippen LogP contribution in [0.3, 0.4) is 0 Å². The lowest BCUT2D eigenvalue weighted by molar-refractivity contribution is 0.0268. The summed E-state index contributed by atoms with van der Waals surface area (Å²) >= 11 is 0. The van der Waals surface area contributed by atoms with Crippen LogP contribution < -0.4 is 0 Å². The Bertz CT molecular complexity index is 1080. The third-order valence-corrected chi connectivity index (χ3v) is 6.29. The van der Waals surface area contributed by atoms with Crippen molar-refractivity contribution in [3.63, 3.8) is 0 Å². The number of aliphatic hydroxyl groups excluding tert-OH is 1. The standard InChI is InChI=1S/C27H28FNO2/c1-20-8-6-10-21(16-20)23-11-3-4-12-24(23)26(31)29-15-7-14-27(18-29,19-30)17-22-9-2-5-13-25(22)28/h2-6,8-13,16,30H,7,14-15,17-19H2,1H3/t27-/m1/s1. The molecule has 4 heteroatoms. The first-order chi connectivity index (χ1) is 15.0. The second kappa shape index (κ2) is 9.03. The van der Waals surface area contributed by atoms with Crippen molar-refractivity contribution in [1.29, 1.82) is 0 Å². The lowest BCUT2D eigenvalue weighted by Gasteiger charge is -2.42. The van der Waals surface area contributed by atoms with Crippen LogP contribution in [0.2, 0.25) is 0 Å². The summed E-state index contributed by atoms with van der Waals surface area (Å²) in [4.78, 5) is 15.4. The highest BCUT2D eigenvalue weighted by Crippen LogP contribution is 2.35. The summed E-state index contributed by atoms with van der Waals surface area (Å²) in [6, 6.07) is 22.5. The third-order valence-electron chi connectivity index (χ3n) is 6.29. The zero-order valence-corrected chi connectivity index (χ0v) is 17.9. The van der Waals surface area contributed by atoms with Gasteiger partial charge >= 0.3 is 0 Å². The molecule has 1 N–H and O–H groups in total. The van der Waals surface area contributed by atoms with Gasteiger partial charge < -0.3 is 10.0 Å². The molecule has 1 heterocycles. The molecule has 1 amide bonds. The molecule has 0 saturated carbocycles. The molecule has 1 fully saturated rings. The minimum atomic E-state index is -0.533. The Balaban J connectivity index is 1.62. The molecular formula is C27H28FNO2. The number of piperidine rings is 1. The van der Waals surface area contributed by atoms with E-state index in [0.717, 1.165) is 29.5 Å². The number of aryl methyl sites for hydroxylation is 1. The highest BCUT2D eigenvalue weighted by atomic mass is 19.1. The van der Waals surface area contributed by atoms with Gasteiger partial charge in [-0.05, 0) is 55.0 Å². The van der Waals surface area contributed by atoms with Crippen LogP contribution in [-0.4, -0.2) is 35.6 Å². The van der Waals surface area contributed by atoms with Gasteiger partial charge in [0.25, 0.3) is 5.91 Å². The van der Waals surface area contributed by atoms with Crippen LogP contribution in [0, 0.1) is 18.2 Å². The van der Waals surface area contributed by atoms with E-state index in [1.54, 1.807) is 12.1 Å². The van der Waals surface area contributed by atoms with E-state index in [-0.39, 0.29) is 18.3 Å². The molecule has 31 heavy (non-hydrogen) atoms. The average Bonchev–Trinajstić information content (AvgIpc) is 2.80.